The second-order valence-electron chi connectivity index (χ2n) is 19.7. The molecule has 18 nitrogen and oxygen atoms in total. The van der Waals surface area contributed by atoms with Crippen LogP contribution in [0.4, 0.5) is 33.9 Å². The number of halogens is 1. The van der Waals surface area contributed by atoms with Crippen LogP contribution in [-0.4, -0.2) is 90.1 Å². The predicted molar refractivity (Wildman–Crippen MR) is 306 cm³/mol. The third-order valence-corrected chi connectivity index (χ3v) is 12.9. The Kier molecular flexibility index (Phi) is 22.9. The third-order valence-electron chi connectivity index (χ3n) is 12.7. The SMILES string of the molecule is COC(=O)c1ccc(Cl)nc1NCc1ccccc1.COC(=O)c1ccc(NC2CCCC[C@@H]2N)nc1NCc1ccccc1.COC(=O)c1ccc(NC2CCCC[C@@H]2NC(=O)OC(C)(C)C)nc1NCc1ccccc1. The monoisotopic (exact) mass is 1080 g/mol. The lowest BCUT2D eigenvalue weighted by molar-refractivity contribution is 0.0486. The normalized spacial score (nSPS) is 16.7. The molecule has 8 N–H and O–H groups in total. The number of nitrogens with zero attached hydrogens (tertiary/aromatic N) is 3. The van der Waals surface area contributed by atoms with Crippen molar-refractivity contribution in [3.8, 4) is 0 Å². The summed E-state index contributed by atoms with van der Waals surface area (Å²) < 4.78 is 19.9. The number of amides is 1. The third kappa shape index (κ3) is 18.9. The molecule has 0 saturated heterocycles. The smallest absolute Gasteiger partial charge is 0.407 e. The highest BCUT2D eigenvalue weighted by atomic mass is 35.5. The fourth-order valence-corrected chi connectivity index (χ4v) is 8.89. The number of ether oxygens (including phenoxy) is 4. The number of rotatable bonds is 17. The van der Waals surface area contributed by atoms with Crippen LogP contribution >= 0.6 is 11.6 Å². The molecule has 2 fully saturated rings. The number of anilines is 5. The van der Waals surface area contributed by atoms with E-state index in [1.54, 1.807) is 36.4 Å². The summed E-state index contributed by atoms with van der Waals surface area (Å²) >= 11 is 5.84. The van der Waals surface area contributed by atoms with Gasteiger partial charge in [-0.3, -0.25) is 0 Å². The maximum atomic E-state index is 12.3. The summed E-state index contributed by atoms with van der Waals surface area (Å²) in [6.07, 6.45) is 7.85. The maximum Gasteiger partial charge on any atom is 0.407 e. The minimum Gasteiger partial charge on any atom is -0.465 e. The van der Waals surface area contributed by atoms with Gasteiger partial charge in [0, 0.05) is 37.8 Å². The molecule has 3 aromatic heterocycles. The Balaban J connectivity index is 0.000000196. The Bertz CT molecular complexity index is 2860. The van der Waals surface area contributed by atoms with E-state index < -0.39 is 29.6 Å². The summed E-state index contributed by atoms with van der Waals surface area (Å²) in [6, 6.07) is 40.1. The summed E-state index contributed by atoms with van der Waals surface area (Å²) in [6.45, 7) is 7.19. The molecule has 6 aromatic rings. The summed E-state index contributed by atoms with van der Waals surface area (Å²) in [5.41, 5.74) is 10.1. The van der Waals surface area contributed by atoms with Gasteiger partial charge in [-0.1, -0.05) is 128 Å². The number of nitrogens with two attached hydrogens (primary N) is 1. The summed E-state index contributed by atoms with van der Waals surface area (Å²) in [4.78, 5) is 61.6. The number of carbonyl (C=O) groups is 4. The van der Waals surface area contributed by atoms with Crippen LogP contribution in [-0.2, 0) is 38.6 Å². The molecular weight excluding hydrogens is 1010 g/mol. The van der Waals surface area contributed by atoms with Gasteiger partial charge in [-0.15, -0.1) is 0 Å². The number of alkyl carbamates (subject to hydrolysis) is 1. The lowest BCUT2D eigenvalue weighted by Crippen LogP contribution is -2.49. The molecule has 2 aliphatic rings. The largest absolute Gasteiger partial charge is 0.465 e. The van der Waals surface area contributed by atoms with Gasteiger partial charge in [-0.25, -0.2) is 34.1 Å². The number of aromatic nitrogens is 3. The summed E-state index contributed by atoms with van der Waals surface area (Å²) in [5, 5.41) is 19.8. The van der Waals surface area contributed by atoms with Crippen LogP contribution in [0.2, 0.25) is 5.15 Å². The quantitative estimate of drug-likeness (QED) is 0.0255. The van der Waals surface area contributed by atoms with Gasteiger partial charge in [0.2, 0.25) is 0 Å². The van der Waals surface area contributed by atoms with E-state index in [0.29, 0.717) is 64.7 Å². The van der Waals surface area contributed by atoms with Crippen LogP contribution in [0.25, 0.3) is 0 Å². The van der Waals surface area contributed by atoms with Crippen molar-refractivity contribution in [2.75, 3.05) is 47.9 Å². The minimum atomic E-state index is -0.549. The minimum absolute atomic E-state index is 0.00437. The lowest BCUT2D eigenvalue weighted by Gasteiger charge is -2.33. The number of pyridine rings is 3. The highest BCUT2D eigenvalue weighted by molar-refractivity contribution is 6.29. The zero-order valence-electron chi connectivity index (χ0n) is 45.3. The van der Waals surface area contributed by atoms with Crippen molar-refractivity contribution in [3.63, 3.8) is 0 Å². The molecule has 3 heterocycles. The van der Waals surface area contributed by atoms with Crippen molar-refractivity contribution < 1.29 is 38.1 Å². The van der Waals surface area contributed by atoms with Crippen molar-refractivity contribution in [3.05, 3.63) is 166 Å². The van der Waals surface area contributed by atoms with E-state index in [1.807, 2.05) is 112 Å². The van der Waals surface area contributed by atoms with E-state index >= 15 is 0 Å². The molecule has 0 aliphatic heterocycles. The van der Waals surface area contributed by atoms with E-state index in [1.165, 1.54) is 34.2 Å². The number of methoxy groups -OCH3 is 3. The Morgan fingerprint density at radius 2 is 0.885 bits per heavy atom. The number of hydrogen-bond acceptors (Lipinski definition) is 17. The lowest BCUT2D eigenvalue weighted by atomic mass is 9.90. The Morgan fingerprint density at radius 1 is 0.513 bits per heavy atom. The highest BCUT2D eigenvalue weighted by Crippen LogP contribution is 2.27. The first-order valence-electron chi connectivity index (χ1n) is 26.2. The molecule has 2 saturated carbocycles. The number of benzene rings is 3. The van der Waals surface area contributed by atoms with Gasteiger partial charge in [0.05, 0.1) is 27.4 Å². The fraction of sp³-hybridized carbons (Fsp3) is 0.373. The molecule has 8 rings (SSSR count). The number of esters is 3. The summed E-state index contributed by atoms with van der Waals surface area (Å²) in [7, 11) is 4.05. The fourth-order valence-electron chi connectivity index (χ4n) is 8.74. The average Bonchev–Trinajstić information content (AvgIpc) is 3.45. The van der Waals surface area contributed by atoms with Gasteiger partial charge in [0.15, 0.2) is 0 Å². The Hall–Kier alpha value is -7.96. The molecule has 0 bridgehead atoms. The van der Waals surface area contributed by atoms with Gasteiger partial charge in [0.25, 0.3) is 0 Å². The highest BCUT2D eigenvalue weighted by Gasteiger charge is 2.29. The van der Waals surface area contributed by atoms with Crippen LogP contribution in [0.1, 0.15) is 120 Å². The molecule has 3 aromatic carbocycles. The first kappa shape index (κ1) is 59.3. The van der Waals surface area contributed by atoms with E-state index in [2.05, 4.69) is 46.9 Å². The van der Waals surface area contributed by atoms with Crippen molar-refractivity contribution in [2.24, 2.45) is 5.73 Å². The van der Waals surface area contributed by atoms with Crippen molar-refractivity contribution in [1.29, 1.82) is 0 Å². The zero-order valence-corrected chi connectivity index (χ0v) is 46.0. The van der Waals surface area contributed by atoms with Crippen molar-refractivity contribution >= 4 is 64.7 Å². The molecule has 78 heavy (non-hydrogen) atoms. The van der Waals surface area contributed by atoms with Crippen molar-refractivity contribution in [1.82, 2.24) is 20.3 Å². The average molecular weight is 1090 g/mol. The van der Waals surface area contributed by atoms with Crippen molar-refractivity contribution in [2.45, 2.75) is 122 Å². The Labute approximate surface area is 462 Å². The van der Waals surface area contributed by atoms with Crippen LogP contribution in [0.15, 0.2) is 127 Å². The van der Waals surface area contributed by atoms with Gasteiger partial charge in [-0.05, 0) is 99.5 Å². The molecular formula is C59H73ClN10O8. The zero-order chi connectivity index (χ0) is 55.9. The molecule has 0 spiro atoms. The second-order valence-corrected chi connectivity index (χ2v) is 20.1. The molecule has 414 valence electrons. The molecule has 19 heteroatoms. The molecule has 4 atom stereocenters. The second kappa shape index (κ2) is 30.1. The molecule has 1 amide bonds. The predicted octanol–water partition coefficient (Wildman–Crippen LogP) is 11.0. The maximum absolute atomic E-state index is 12.3. The van der Waals surface area contributed by atoms with Gasteiger partial charge >= 0.3 is 24.0 Å². The van der Waals surface area contributed by atoms with E-state index in [-0.39, 0.29) is 24.2 Å². The van der Waals surface area contributed by atoms with Crippen LogP contribution in [0.5, 0.6) is 0 Å². The topological polar surface area (TPSA) is 242 Å². The first-order chi connectivity index (χ1) is 37.6. The van der Waals surface area contributed by atoms with Gasteiger partial charge < -0.3 is 56.6 Å². The van der Waals surface area contributed by atoms with Crippen LogP contribution in [0, 0.1) is 0 Å². The summed E-state index contributed by atoms with van der Waals surface area (Å²) in [5.74, 6) is 1.42. The van der Waals surface area contributed by atoms with Crippen LogP contribution in [0.3, 0.4) is 0 Å². The van der Waals surface area contributed by atoms with E-state index in [4.69, 9.17) is 36.3 Å². The van der Waals surface area contributed by atoms with Crippen LogP contribution < -0.4 is 37.6 Å². The number of hydrogen-bond donors (Lipinski definition) is 7. The molecule has 2 unspecified atom stereocenters. The first-order valence-corrected chi connectivity index (χ1v) is 26.6. The molecule has 2 aliphatic carbocycles. The number of carbonyl (C=O) groups excluding carboxylic acids is 4. The Morgan fingerprint density at radius 3 is 1.29 bits per heavy atom. The number of nitrogens with one attached hydrogen (secondary N) is 6. The van der Waals surface area contributed by atoms with Gasteiger partial charge in [-0.2, -0.15) is 0 Å². The standard InChI is InChI=1S/C25H34N4O4.C20H26N4O2.C14H13ClN2O2/c1-25(2,3)33-24(31)28-20-13-9-8-12-19(20)27-21-15-14-18(23(30)32-4)22(29-21)26-16-17-10-6-5-7-11-17;1-26-20(25)15-11-12-18(23-17-10-6-5-9-16(17)21)24-19(15)22-13-14-7-3-2-4-8-14;1-19-14(18)11-7-8-12(15)17-13(11)16-9-10-5-3-2-4-6-10/h5-7,10-11,14-15,19-20H,8-9,12-13,16H2,1-4H3,(H,28,31)(H2,26,27,29);2-4,7-8,11-12,16-17H,5-6,9-10,13,21H2,1H3,(H2,22,23,24);2-8H,9H2,1H3,(H,16,17)/t19?,20-;16-,17?;/m00./s1. The van der Waals surface area contributed by atoms with Gasteiger partial charge in [0.1, 0.15) is 56.5 Å². The molecule has 0 radical (unpaired) electrons. The van der Waals surface area contributed by atoms with E-state index in [9.17, 15) is 19.2 Å². The van der Waals surface area contributed by atoms with E-state index in [0.717, 1.165) is 61.0 Å².